The molecule has 1 unspecified atom stereocenters. The van der Waals surface area contributed by atoms with Gasteiger partial charge in [0.2, 0.25) is 0 Å². The largest absolute Gasteiger partial charge is 0.381 e. The van der Waals surface area contributed by atoms with E-state index in [0.717, 1.165) is 38.5 Å². The molecule has 2 rings (SSSR count). The minimum absolute atomic E-state index is 0.203. The Morgan fingerprint density at radius 1 is 1.44 bits per heavy atom. The van der Waals surface area contributed by atoms with Gasteiger partial charge in [0.05, 0.1) is 23.4 Å². The molecule has 1 heterocycles. The molecule has 0 spiro atoms. The van der Waals surface area contributed by atoms with Crippen LogP contribution in [0.3, 0.4) is 0 Å². The average molecular weight is 289 g/mol. The smallest absolute Gasteiger partial charge is 0.0874 e. The van der Waals surface area contributed by atoms with Gasteiger partial charge in [-0.3, -0.25) is 4.90 Å². The fourth-order valence-corrected chi connectivity index (χ4v) is 2.40. The van der Waals surface area contributed by atoms with Crippen molar-refractivity contribution < 1.29 is 4.74 Å². The Labute approximate surface area is 118 Å². The van der Waals surface area contributed by atoms with Gasteiger partial charge in [-0.15, -0.1) is 0 Å². The summed E-state index contributed by atoms with van der Waals surface area (Å²) in [7, 11) is 0. The topological polar surface area (TPSA) is 24.5 Å². The highest BCUT2D eigenvalue weighted by molar-refractivity contribution is 6.35. The number of benzene rings is 1. The van der Waals surface area contributed by atoms with Crippen molar-refractivity contribution in [1.29, 1.82) is 0 Å². The van der Waals surface area contributed by atoms with Crippen LogP contribution in [-0.2, 0) is 4.74 Å². The maximum absolute atomic E-state index is 6.10. The van der Waals surface area contributed by atoms with Crippen LogP contribution in [0.15, 0.2) is 18.2 Å². The number of rotatable bonds is 4. The number of nitrogens with zero attached hydrogens (tertiary/aromatic N) is 1. The van der Waals surface area contributed by atoms with Gasteiger partial charge in [0.25, 0.3) is 0 Å². The molecule has 5 heteroatoms. The van der Waals surface area contributed by atoms with Crippen LogP contribution >= 0.6 is 23.2 Å². The third-order valence-electron chi connectivity index (χ3n) is 3.12. The molecule has 0 saturated carbocycles. The first-order valence-corrected chi connectivity index (χ1v) is 6.97. The Kier molecular flexibility index (Phi) is 5.13. The van der Waals surface area contributed by atoms with Gasteiger partial charge in [0, 0.05) is 24.7 Å². The van der Waals surface area contributed by atoms with Crippen LogP contribution in [0.25, 0.3) is 0 Å². The quantitative estimate of drug-likeness (QED) is 0.921. The lowest BCUT2D eigenvalue weighted by Crippen LogP contribution is -2.45. The number of nitrogens with one attached hydrogen (secondary N) is 1. The van der Waals surface area contributed by atoms with Crippen molar-refractivity contribution >= 4 is 28.9 Å². The van der Waals surface area contributed by atoms with Crippen molar-refractivity contribution in [2.75, 3.05) is 38.1 Å². The Morgan fingerprint density at radius 2 is 2.28 bits per heavy atom. The number of likely N-dealkylation sites (N-methyl/N-ethyl adjacent to an activating group) is 1. The Hall–Kier alpha value is -0.480. The zero-order valence-corrected chi connectivity index (χ0v) is 12.0. The van der Waals surface area contributed by atoms with Gasteiger partial charge in [-0.05, 0) is 24.7 Å². The molecule has 18 heavy (non-hydrogen) atoms. The SMILES string of the molecule is CCN1CCOC(CNc2cc(Cl)ccc2Cl)C1. The molecule has 1 aliphatic rings. The third-order valence-corrected chi connectivity index (χ3v) is 3.68. The zero-order valence-electron chi connectivity index (χ0n) is 10.5. The van der Waals surface area contributed by atoms with E-state index in [-0.39, 0.29) is 6.10 Å². The van der Waals surface area contributed by atoms with E-state index in [1.807, 2.05) is 6.07 Å². The minimum atomic E-state index is 0.203. The number of halogens is 2. The fraction of sp³-hybridized carbons (Fsp3) is 0.538. The van der Waals surface area contributed by atoms with Crippen molar-refractivity contribution in [3.8, 4) is 0 Å². The number of anilines is 1. The molecule has 0 radical (unpaired) electrons. The van der Waals surface area contributed by atoms with Crippen molar-refractivity contribution in [3.05, 3.63) is 28.2 Å². The van der Waals surface area contributed by atoms with Crippen molar-refractivity contribution in [2.24, 2.45) is 0 Å². The van der Waals surface area contributed by atoms with Crippen LogP contribution in [0.4, 0.5) is 5.69 Å². The summed E-state index contributed by atoms with van der Waals surface area (Å²) in [4.78, 5) is 2.38. The highest BCUT2D eigenvalue weighted by Crippen LogP contribution is 2.25. The summed E-state index contributed by atoms with van der Waals surface area (Å²) in [6, 6.07) is 5.42. The standard InChI is InChI=1S/C13H18Cl2N2O/c1-2-17-5-6-18-11(9-17)8-16-13-7-10(14)3-4-12(13)15/h3-4,7,11,16H,2,5-6,8-9H2,1H3. The van der Waals surface area contributed by atoms with E-state index in [0.29, 0.717) is 10.0 Å². The van der Waals surface area contributed by atoms with Gasteiger partial charge < -0.3 is 10.1 Å². The summed E-state index contributed by atoms with van der Waals surface area (Å²) < 4.78 is 5.72. The minimum Gasteiger partial charge on any atom is -0.381 e. The molecule has 3 nitrogen and oxygen atoms in total. The van der Waals surface area contributed by atoms with E-state index >= 15 is 0 Å². The number of hydrogen-bond acceptors (Lipinski definition) is 3. The summed E-state index contributed by atoms with van der Waals surface area (Å²) in [5, 5.41) is 4.67. The van der Waals surface area contributed by atoms with Crippen LogP contribution in [0, 0.1) is 0 Å². The van der Waals surface area contributed by atoms with Crippen molar-refractivity contribution in [1.82, 2.24) is 4.90 Å². The molecule has 1 fully saturated rings. The first-order valence-electron chi connectivity index (χ1n) is 6.22. The summed E-state index contributed by atoms with van der Waals surface area (Å²) in [5.74, 6) is 0. The molecule has 0 bridgehead atoms. The van der Waals surface area contributed by atoms with Crippen LogP contribution < -0.4 is 5.32 Å². The van der Waals surface area contributed by atoms with Gasteiger partial charge in [0.1, 0.15) is 0 Å². The molecule has 1 N–H and O–H groups in total. The highest BCUT2D eigenvalue weighted by atomic mass is 35.5. The predicted molar refractivity (Wildman–Crippen MR) is 76.8 cm³/mol. The monoisotopic (exact) mass is 288 g/mol. The molecule has 1 saturated heterocycles. The predicted octanol–water partition coefficient (Wildman–Crippen LogP) is 3.13. The second-order valence-electron chi connectivity index (χ2n) is 4.39. The van der Waals surface area contributed by atoms with E-state index in [9.17, 15) is 0 Å². The number of ether oxygens (including phenoxy) is 1. The molecule has 0 aliphatic carbocycles. The summed E-state index contributed by atoms with van der Waals surface area (Å²) in [5.41, 5.74) is 0.862. The van der Waals surface area contributed by atoms with Gasteiger partial charge in [-0.1, -0.05) is 30.1 Å². The van der Waals surface area contributed by atoms with Gasteiger partial charge in [-0.2, -0.15) is 0 Å². The van der Waals surface area contributed by atoms with Crippen LogP contribution in [0.1, 0.15) is 6.92 Å². The second kappa shape index (κ2) is 6.62. The Bertz CT molecular complexity index is 401. The third kappa shape index (κ3) is 3.75. The maximum Gasteiger partial charge on any atom is 0.0874 e. The molecule has 1 atom stereocenters. The van der Waals surface area contributed by atoms with E-state index in [1.165, 1.54) is 0 Å². The van der Waals surface area contributed by atoms with E-state index < -0.39 is 0 Å². The van der Waals surface area contributed by atoms with Crippen LogP contribution in [-0.4, -0.2) is 43.8 Å². The zero-order chi connectivity index (χ0) is 13.0. The molecule has 0 aromatic heterocycles. The lowest BCUT2D eigenvalue weighted by atomic mass is 10.2. The Morgan fingerprint density at radius 3 is 3.06 bits per heavy atom. The molecular formula is C13H18Cl2N2O. The van der Waals surface area contributed by atoms with Crippen LogP contribution in [0.2, 0.25) is 10.0 Å². The van der Waals surface area contributed by atoms with Gasteiger partial charge in [0.15, 0.2) is 0 Å². The van der Waals surface area contributed by atoms with Crippen LogP contribution in [0.5, 0.6) is 0 Å². The summed E-state index contributed by atoms with van der Waals surface area (Å²) in [6.07, 6.45) is 0.203. The maximum atomic E-state index is 6.10. The van der Waals surface area contributed by atoms with E-state index in [1.54, 1.807) is 12.1 Å². The fourth-order valence-electron chi connectivity index (χ4n) is 2.05. The molecule has 1 aromatic rings. The highest BCUT2D eigenvalue weighted by Gasteiger charge is 2.19. The molecule has 1 aliphatic heterocycles. The summed E-state index contributed by atoms with van der Waals surface area (Å²) >= 11 is 12.0. The normalized spacial score (nSPS) is 20.9. The van der Waals surface area contributed by atoms with Gasteiger partial charge >= 0.3 is 0 Å². The van der Waals surface area contributed by atoms with Crippen molar-refractivity contribution in [2.45, 2.75) is 13.0 Å². The lowest BCUT2D eigenvalue weighted by molar-refractivity contribution is -0.0191. The molecule has 1 aromatic carbocycles. The van der Waals surface area contributed by atoms with Gasteiger partial charge in [-0.25, -0.2) is 0 Å². The second-order valence-corrected chi connectivity index (χ2v) is 5.23. The average Bonchev–Trinajstić information content (AvgIpc) is 2.40. The lowest BCUT2D eigenvalue weighted by Gasteiger charge is -2.32. The molecule has 0 amide bonds. The number of hydrogen-bond donors (Lipinski definition) is 1. The van der Waals surface area contributed by atoms with E-state index in [4.69, 9.17) is 27.9 Å². The summed E-state index contributed by atoms with van der Waals surface area (Å²) in [6.45, 7) is 6.76. The first-order chi connectivity index (χ1) is 8.69. The molecular weight excluding hydrogens is 271 g/mol. The Balaban J connectivity index is 1.89. The number of morpholine rings is 1. The first kappa shape index (κ1) is 13.9. The molecule has 100 valence electrons. The van der Waals surface area contributed by atoms with E-state index in [2.05, 4.69) is 17.1 Å². The van der Waals surface area contributed by atoms with Crippen molar-refractivity contribution in [3.63, 3.8) is 0 Å².